The van der Waals surface area contributed by atoms with Gasteiger partial charge >= 0.3 is 0 Å². The molecule has 134 valence electrons. The zero-order chi connectivity index (χ0) is 18.7. The van der Waals surface area contributed by atoms with Crippen LogP contribution in [0.4, 0.5) is 18.9 Å². The predicted molar refractivity (Wildman–Crippen MR) is 91.8 cm³/mol. The SMILES string of the molecule is Cc1ccc(CN(C)[C@H](C)C(=O)Nc2ccc(F)c(F)c2F)c(C)c1. The number of hydrogen-bond donors (Lipinski definition) is 1. The molecule has 0 spiro atoms. The van der Waals surface area contributed by atoms with Crippen molar-refractivity contribution in [3.63, 3.8) is 0 Å². The van der Waals surface area contributed by atoms with Gasteiger partial charge in [-0.05, 0) is 51.1 Å². The fourth-order valence-corrected chi connectivity index (χ4v) is 2.49. The lowest BCUT2D eigenvalue weighted by Gasteiger charge is -2.25. The number of nitrogens with zero attached hydrogens (tertiary/aromatic N) is 1. The van der Waals surface area contributed by atoms with Crippen molar-refractivity contribution in [3.05, 3.63) is 64.5 Å². The number of rotatable bonds is 5. The van der Waals surface area contributed by atoms with E-state index in [2.05, 4.69) is 11.4 Å². The molecule has 1 amide bonds. The summed E-state index contributed by atoms with van der Waals surface area (Å²) < 4.78 is 39.9. The fourth-order valence-electron chi connectivity index (χ4n) is 2.49. The Morgan fingerprint density at radius 2 is 1.80 bits per heavy atom. The highest BCUT2D eigenvalue weighted by molar-refractivity contribution is 5.94. The van der Waals surface area contributed by atoms with Gasteiger partial charge in [-0.1, -0.05) is 23.8 Å². The summed E-state index contributed by atoms with van der Waals surface area (Å²) in [5.41, 5.74) is 2.97. The van der Waals surface area contributed by atoms with Crippen LogP contribution in [-0.2, 0) is 11.3 Å². The Labute approximate surface area is 145 Å². The number of benzene rings is 2. The minimum absolute atomic E-state index is 0.379. The molecule has 2 rings (SSSR count). The summed E-state index contributed by atoms with van der Waals surface area (Å²) in [7, 11) is 1.77. The summed E-state index contributed by atoms with van der Waals surface area (Å²) >= 11 is 0. The summed E-state index contributed by atoms with van der Waals surface area (Å²) in [5.74, 6) is -4.81. The third kappa shape index (κ3) is 4.39. The lowest BCUT2D eigenvalue weighted by Crippen LogP contribution is -2.39. The first-order valence-corrected chi connectivity index (χ1v) is 7.91. The zero-order valence-corrected chi connectivity index (χ0v) is 14.7. The number of hydrogen-bond acceptors (Lipinski definition) is 2. The van der Waals surface area contributed by atoms with E-state index in [1.165, 1.54) is 0 Å². The van der Waals surface area contributed by atoms with E-state index in [0.29, 0.717) is 6.54 Å². The molecule has 2 aromatic rings. The highest BCUT2D eigenvalue weighted by atomic mass is 19.2. The number of aryl methyl sites for hydroxylation is 2. The maximum absolute atomic E-state index is 13.7. The molecule has 2 aromatic carbocycles. The Morgan fingerprint density at radius 3 is 2.44 bits per heavy atom. The first kappa shape index (κ1) is 19.0. The molecule has 0 heterocycles. The van der Waals surface area contributed by atoms with Gasteiger partial charge in [-0.2, -0.15) is 0 Å². The van der Waals surface area contributed by atoms with Gasteiger partial charge in [0.1, 0.15) is 0 Å². The monoisotopic (exact) mass is 350 g/mol. The molecule has 0 bridgehead atoms. The molecule has 0 radical (unpaired) electrons. The van der Waals surface area contributed by atoms with Crippen molar-refractivity contribution in [1.29, 1.82) is 0 Å². The quantitative estimate of drug-likeness (QED) is 0.821. The number of likely N-dealkylation sites (N-methyl/N-ethyl adjacent to an activating group) is 1. The molecule has 0 unspecified atom stereocenters. The van der Waals surface area contributed by atoms with E-state index in [-0.39, 0.29) is 5.69 Å². The van der Waals surface area contributed by atoms with E-state index in [9.17, 15) is 18.0 Å². The second-order valence-corrected chi connectivity index (χ2v) is 6.23. The van der Waals surface area contributed by atoms with Crippen molar-refractivity contribution in [2.24, 2.45) is 0 Å². The average Bonchev–Trinajstić information content (AvgIpc) is 2.57. The molecule has 6 heteroatoms. The molecule has 0 saturated carbocycles. The second-order valence-electron chi connectivity index (χ2n) is 6.23. The van der Waals surface area contributed by atoms with Crippen molar-refractivity contribution in [1.82, 2.24) is 4.90 Å². The van der Waals surface area contributed by atoms with Crippen LogP contribution >= 0.6 is 0 Å². The van der Waals surface area contributed by atoms with Gasteiger partial charge in [0, 0.05) is 6.54 Å². The van der Waals surface area contributed by atoms with E-state index in [1.54, 1.807) is 18.9 Å². The van der Waals surface area contributed by atoms with Crippen molar-refractivity contribution in [2.75, 3.05) is 12.4 Å². The van der Waals surface area contributed by atoms with Gasteiger partial charge in [0.05, 0.1) is 11.7 Å². The average molecular weight is 350 g/mol. The molecular formula is C19H21F3N2O. The number of carbonyl (C=O) groups excluding carboxylic acids is 1. The highest BCUT2D eigenvalue weighted by Gasteiger charge is 2.21. The van der Waals surface area contributed by atoms with Crippen LogP contribution < -0.4 is 5.32 Å². The fraction of sp³-hybridized carbons (Fsp3) is 0.316. The van der Waals surface area contributed by atoms with Crippen molar-refractivity contribution >= 4 is 11.6 Å². The van der Waals surface area contributed by atoms with E-state index < -0.39 is 29.4 Å². The number of anilines is 1. The van der Waals surface area contributed by atoms with Gasteiger partial charge in [0.25, 0.3) is 0 Å². The van der Waals surface area contributed by atoms with Gasteiger partial charge < -0.3 is 5.32 Å². The van der Waals surface area contributed by atoms with Gasteiger partial charge in [-0.25, -0.2) is 13.2 Å². The van der Waals surface area contributed by atoms with Crippen molar-refractivity contribution in [2.45, 2.75) is 33.4 Å². The largest absolute Gasteiger partial charge is 0.322 e. The summed E-state index contributed by atoms with van der Waals surface area (Å²) in [6.45, 7) is 6.20. The third-order valence-corrected chi connectivity index (χ3v) is 4.25. The Kier molecular flexibility index (Phi) is 5.85. The van der Waals surface area contributed by atoms with Crippen LogP contribution in [0, 0.1) is 31.3 Å². The van der Waals surface area contributed by atoms with E-state index in [4.69, 9.17) is 0 Å². The minimum Gasteiger partial charge on any atom is -0.322 e. The normalized spacial score (nSPS) is 12.3. The minimum atomic E-state index is -1.60. The zero-order valence-electron chi connectivity index (χ0n) is 14.7. The van der Waals surface area contributed by atoms with Gasteiger partial charge in [-0.3, -0.25) is 9.69 Å². The predicted octanol–water partition coefficient (Wildman–Crippen LogP) is 4.18. The molecule has 0 saturated heterocycles. The first-order chi connectivity index (χ1) is 11.7. The summed E-state index contributed by atoms with van der Waals surface area (Å²) in [6.07, 6.45) is 0. The Bertz CT molecular complexity index is 792. The molecule has 3 nitrogen and oxygen atoms in total. The lowest BCUT2D eigenvalue weighted by atomic mass is 10.0. The molecule has 0 aliphatic carbocycles. The van der Waals surface area contributed by atoms with Crippen LogP contribution in [0.15, 0.2) is 30.3 Å². The highest BCUT2D eigenvalue weighted by Crippen LogP contribution is 2.20. The summed E-state index contributed by atoms with van der Waals surface area (Å²) in [4.78, 5) is 14.1. The van der Waals surface area contributed by atoms with Crippen LogP contribution in [0.25, 0.3) is 0 Å². The van der Waals surface area contributed by atoms with Gasteiger partial charge in [0.2, 0.25) is 5.91 Å². The smallest absolute Gasteiger partial charge is 0.241 e. The summed E-state index contributed by atoms with van der Waals surface area (Å²) in [6, 6.07) is 7.25. The maximum atomic E-state index is 13.7. The number of halogens is 3. The van der Waals surface area contributed by atoms with E-state index in [0.717, 1.165) is 28.8 Å². The Morgan fingerprint density at radius 1 is 1.12 bits per heavy atom. The lowest BCUT2D eigenvalue weighted by molar-refractivity contribution is -0.120. The van der Waals surface area contributed by atoms with Gasteiger partial charge in [0.15, 0.2) is 17.5 Å². The van der Waals surface area contributed by atoms with Crippen LogP contribution in [0.2, 0.25) is 0 Å². The number of carbonyl (C=O) groups is 1. The molecule has 1 atom stereocenters. The van der Waals surface area contributed by atoms with Gasteiger partial charge in [-0.15, -0.1) is 0 Å². The molecule has 1 N–H and O–H groups in total. The first-order valence-electron chi connectivity index (χ1n) is 7.91. The maximum Gasteiger partial charge on any atom is 0.241 e. The van der Waals surface area contributed by atoms with Crippen molar-refractivity contribution < 1.29 is 18.0 Å². The molecule has 0 aliphatic rings. The molecule has 0 aliphatic heterocycles. The number of nitrogens with one attached hydrogen (secondary N) is 1. The van der Waals surface area contributed by atoms with E-state index in [1.807, 2.05) is 26.0 Å². The molecular weight excluding hydrogens is 329 g/mol. The standard InChI is InChI=1S/C19H21F3N2O/c1-11-5-6-14(12(2)9-11)10-24(4)13(3)19(25)23-16-8-7-15(20)17(21)18(16)22/h5-9,13H,10H2,1-4H3,(H,23,25)/t13-/m1/s1. The van der Waals surface area contributed by atoms with Crippen LogP contribution in [-0.4, -0.2) is 23.9 Å². The van der Waals surface area contributed by atoms with Crippen LogP contribution in [0.3, 0.4) is 0 Å². The Balaban J connectivity index is 2.07. The van der Waals surface area contributed by atoms with Crippen LogP contribution in [0.1, 0.15) is 23.6 Å². The van der Waals surface area contributed by atoms with E-state index >= 15 is 0 Å². The third-order valence-electron chi connectivity index (χ3n) is 4.25. The topological polar surface area (TPSA) is 32.3 Å². The Hall–Kier alpha value is -2.34. The van der Waals surface area contributed by atoms with Crippen molar-refractivity contribution in [3.8, 4) is 0 Å². The molecule has 25 heavy (non-hydrogen) atoms. The molecule has 0 fully saturated rings. The summed E-state index contributed by atoms with van der Waals surface area (Å²) in [5, 5.41) is 2.31. The second kappa shape index (κ2) is 7.70. The molecule has 0 aromatic heterocycles. The van der Waals surface area contributed by atoms with Crippen LogP contribution in [0.5, 0.6) is 0 Å². The number of amides is 1.